The average Bonchev–Trinajstić information content (AvgIpc) is 2.85. The molecule has 0 fully saturated rings. The predicted octanol–water partition coefficient (Wildman–Crippen LogP) is 2.10. The molecule has 21 heavy (non-hydrogen) atoms. The molecule has 8 heteroatoms. The van der Waals surface area contributed by atoms with E-state index in [9.17, 15) is 8.42 Å². The Bertz CT molecular complexity index is 712. The first-order valence-corrected chi connectivity index (χ1v) is 8.82. The first kappa shape index (κ1) is 15.9. The summed E-state index contributed by atoms with van der Waals surface area (Å²) in [5.74, 6) is 0.552. The Balaban J connectivity index is 2.22. The Morgan fingerprint density at radius 3 is 2.81 bits per heavy atom. The van der Waals surface area contributed by atoms with Crippen molar-refractivity contribution in [3.63, 3.8) is 0 Å². The van der Waals surface area contributed by atoms with E-state index in [0.29, 0.717) is 12.4 Å². The summed E-state index contributed by atoms with van der Waals surface area (Å²) in [5, 5.41) is 5.81. The van der Waals surface area contributed by atoms with E-state index in [2.05, 4.69) is 15.3 Å². The van der Waals surface area contributed by atoms with Crippen LogP contribution in [-0.4, -0.2) is 36.3 Å². The highest BCUT2D eigenvalue weighted by atomic mass is 32.2. The smallest absolute Gasteiger partial charge is 0.243 e. The molecule has 0 bridgehead atoms. The van der Waals surface area contributed by atoms with Crippen LogP contribution in [0.2, 0.25) is 0 Å². The fraction of sp³-hybridized carbons (Fsp3) is 0.385. The van der Waals surface area contributed by atoms with Gasteiger partial charge in [0.05, 0.1) is 22.1 Å². The molecule has 0 aliphatic carbocycles. The number of hydrogen-bond donors (Lipinski definition) is 1. The van der Waals surface area contributed by atoms with Gasteiger partial charge in [0.1, 0.15) is 5.82 Å². The third-order valence-electron chi connectivity index (χ3n) is 2.85. The summed E-state index contributed by atoms with van der Waals surface area (Å²) in [7, 11) is -2.00. The van der Waals surface area contributed by atoms with Crippen LogP contribution in [-0.2, 0) is 16.6 Å². The Labute approximate surface area is 128 Å². The quantitative estimate of drug-likeness (QED) is 0.880. The molecule has 0 saturated heterocycles. The van der Waals surface area contributed by atoms with Crippen molar-refractivity contribution in [2.45, 2.75) is 25.3 Å². The molecule has 0 saturated carbocycles. The van der Waals surface area contributed by atoms with Crippen molar-refractivity contribution >= 4 is 27.2 Å². The first-order chi connectivity index (χ1) is 9.93. The van der Waals surface area contributed by atoms with Gasteiger partial charge in [-0.15, -0.1) is 11.3 Å². The number of pyridine rings is 1. The predicted molar refractivity (Wildman–Crippen MR) is 83.9 cm³/mol. The zero-order valence-corrected chi connectivity index (χ0v) is 13.8. The largest absolute Gasteiger partial charge is 0.370 e. The number of thiazole rings is 1. The number of aromatic nitrogens is 2. The van der Waals surface area contributed by atoms with Crippen molar-refractivity contribution in [1.82, 2.24) is 14.3 Å². The average molecular weight is 326 g/mol. The molecule has 0 spiro atoms. The van der Waals surface area contributed by atoms with Crippen LogP contribution in [0.15, 0.2) is 28.6 Å². The van der Waals surface area contributed by atoms with E-state index < -0.39 is 10.0 Å². The molecular formula is C13H18N4O2S2. The number of anilines is 1. The lowest BCUT2D eigenvalue weighted by Crippen LogP contribution is -2.26. The lowest BCUT2D eigenvalue weighted by atomic mass is 10.4. The van der Waals surface area contributed by atoms with E-state index in [1.165, 1.54) is 27.9 Å². The Morgan fingerprint density at radius 2 is 2.19 bits per heavy atom. The number of nitrogens with one attached hydrogen (secondary N) is 1. The SMILES string of the molecule is CCNc1cc(S(=O)(=O)N(C)Cc2csc(C)n2)ccn1. The molecule has 0 aliphatic heterocycles. The Kier molecular flexibility index (Phi) is 4.92. The van der Waals surface area contributed by atoms with Gasteiger partial charge in [0.2, 0.25) is 10.0 Å². The third-order valence-corrected chi connectivity index (χ3v) is 5.47. The van der Waals surface area contributed by atoms with Crippen LogP contribution in [0.1, 0.15) is 17.6 Å². The maximum Gasteiger partial charge on any atom is 0.243 e. The third kappa shape index (κ3) is 3.78. The van der Waals surface area contributed by atoms with E-state index in [1.807, 2.05) is 19.2 Å². The second kappa shape index (κ2) is 6.50. The molecule has 2 aromatic heterocycles. The summed E-state index contributed by atoms with van der Waals surface area (Å²) < 4.78 is 26.4. The summed E-state index contributed by atoms with van der Waals surface area (Å²) in [4.78, 5) is 8.60. The molecule has 0 amide bonds. The standard InChI is InChI=1S/C13H18N4O2S2/c1-4-14-13-7-12(5-6-15-13)21(18,19)17(3)8-11-9-20-10(2)16-11/h5-7,9H,4,8H2,1-3H3,(H,14,15). The van der Waals surface area contributed by atoms with Gasteiger partial charge in [-0.2, -0.15) is 4.31 Å². The number of hydrogen-bond acceptors (Lipinski definition) is 6. The molecule has 1 N–H and O–H groups in total. The summed E-state index contributed by atoms with van der Waals surface area (Å²) in [5.41, 5.74) is 0.754. The highest BCUT2D eigenvalue weighted by Crippen LogP contribution is 2.19. The Morgan fingerprint density at radius 1 is 1.43 bits per heavy atom. The number of sulfonamides is 1. The van der Waals surface area contributed by atoms with E-state index in [1.54, 1.807) is 13.1 Å². The van der Waals surface area contributed by atoms with Crippen LogP contribution in [0.4, 0.5) is 5.82 Å². The van der Waals surface area contributed by atoms with Crippen LogP contribution in [0.3, 0.4) is 0 Å². The van der Waals surface area contributed by atoms with Gasteiger partial charge >= 0.3 is 0 Å². The molecule has 0 atom stereocenters. The summed E-state index contributed by atoms with van der Waals surface area (Å²) in [6.45, 7) is 4.77. The van der Waals surface area contributed by atoms with E-state index in [-0.39, 0.29) is 11.4 Å². The van der Waals surface area contributed by atoms with Crippen molar-refractivity contribution in [2.24, 2.45) is 0 Å². The molecule has 0 unspecified atom stereocenters. The first-order valence-electron chi connectivity index (χ1n) is 6.50. The van der Waals surface area contributed by atoms with Crippen LogP contribution >= 0.6 is 11.3 Å². The van der Waals surface area contributed by atoms with Crippen molar-refractivity contribution < 1.29 is 8.42 Å². The van der Waals surface area contributed by atoms with E-state index in [4.69, 9.17) is 0 Å². The summed E-state index contributed by atoms with van der Waals surface area (Å²) in [6.07, 6.45) is 1.49. The van der Waals surface area contributed by atoms with Gasteiger partial charge in [-0.05, 0) is 19.9 Å². The van der Waals surface area contributed by atoms with Crippen molar-refractivity contribution in [3.05, 3.63) is 34.4 Å². The number of aryl methyl sites for hydroxylation is 1. The highest BCUT2D eigenvalue weighted by molar-refractivity contribution is 7.89. The fourth-order valence-electron chi connectivity index (χ4n) is 1.82. The molecule has 2 aromatic rings. The number of rotatable bonds is 6. The lowest BCUT2D eigenvalue weighted by molar-refractivity contribution is 0.462. The second-order valence-corrected chi connectivity index (χ2v) is 7.63. The van der Waals surface area contributed by atoms with Gasteiger partial charge in [-0.1, -0.05) is 0 Å². The summed E-state index contributed by atoms with van der Waals surface area (Å²) >= 11 is 1.51. The van der Waals surface area contributed by atoms with Gasteiger partial charge < -0.3 is 5.32 Å². The van der Waals surface area contributed by atoms with Crippen LogP contribution < -0.4 is 5.32 Å². The van der Waals surface area contributed by atoms with Crippen molar-refractivity contribution in [3.8, 4) is 0 Å². The van der Waals surface area contributed by atoms with E-state index >= 15 is 0 Å². The van der Waals surface area contributed by atoms with Crippen LogP contribution in [0, 0.1) is 6.92 Å². The minimum atomic E-state index is -3.55. The normalized spacial score (nSPS) is 11.8. The molecule has 0 aliphatic rings. The monoisotopic (exact) mass is 326 g/mol. The van der Waals surface area contributed by atoms with Gasteiger partial charge in [0.25, 0.3) is 0 Å². The van der Waals surface area contributed by atoms with Gasteiger partial charge in [-0.3, -0.25) is 0 Å². The molecule has 114 valence electrons. The fourth-order valence-corrected chi connectivity index (χ4v) is 3.58. The van der Waals surface area contributed by atoms with Gasteiger partial charge in [0, 0.05) is 31.2 Å². The minimum Gasteiger partial charge on any atom is -0.370 e. The van der Waals surface area contributed by atoms with Crippen molar-refractivity contribution in [2.75, 3.05) is 18.9 Å². The number of nitrogens with zero attached hydrogens (tertiary/aromatic N) is 3. The molecule has 2 heterocycles. The maximum atomic E-state index is 12.5. The summed E-state index contributed by atoms with van der Waals surface area (Å²) in [6, 6.07) is 3.04. The van der Waals surface area contributed by atoms with Gasteiger partial charge in [0.15, 0.2) is 0 Å². The molecule has 0 aromatic carbocycles. The van der Waals surface area contributed by atoms with Crippen LogP contribution in [0.25, 0.3) is 0 Å². The molecule has 2 rings (SSSR count). The Hall–Kier alpha value is -1.51. The van der Waals surface area contributed by atoms with E-state index in [0.717, 1.165) is 10.7 Å². The maximum absolute atomic E-state index is 12.5. The minimum absolute atomic E-state index is 0.225. The molecular weight excluding hydrogens is 308 g/mol. The lowest BCUT2D eigenvalue weighted by Gasteiger charge is -2.16. The zero-order chi connectivity index (χ0) is 15.5. The molecule has 6 nitrogen and oxygen atoms in total. The van der Waals surface area contributed by atoms with Crippen molar-refractivity contribution in [1.29, 1.82) is 0 Å². The van der Waals surface area contributed by atoms with Gasteiger partial charge in [-0.25, -0.2) is 18.4 Å². The van der Waals surface area contributed by atoms with Crippen LogP contribution in [0.5, 0.6) is 0 Å². The zero-order valence-electron chi connectivity index (χ0n) is 12.2. The highest BCUT2D eigenvalue weighted by Gasteiger charge is 2.22. The topological polar surface area (TPSA) is 75.2 Å². The second-order valence-electron chi connectivity index (χ2n) is 4.53. The molecule has 0 radical (unpaired) electrons.